The van der Waals surface area contributed by atoms with Crippen LogP contribution < -0.4 is 9.47 Å². The van der Waals surface area contributed by atoms with Crippen LogP contribution in [0.15, 0.2) is 48.5 Å². The molecule has 2 aromatic rings. The molecule has 0 amide bonds. The minimum absolute atomic E-state index is 0.686. The number of aliphatic hydroxyl groups excluding tert-OH is 1. The second-order valence-electron chi connectivity index (χ2n) is 4.56. The van der Waals surface area contributed by atoms with Crippen molar-refractivity contribution in [1.29, 1.82) is 0 Å². The Morgan fingerprint density at radius 1 is 1.05 bits per heavy atom. The van der Waals surface area contributed by atoms with E-state index in [-0.39, 0.29) is 0 Å². The predicted molar refractivity (Wildman–Crippen MR) is 79.3 cm³/mol. The van der Waals surface area contributed by atoms with Gasteiger partial charge in [0.2, 0.25) is 0 Å². The van der Waals surface area contributed by atoms with E-state index in [9.17, 15) is 5.11 Å². The monoisotopic (exact) mass is 272 g/mol. The fraction of sp³-hybridized carbons (Fsp3) is 0.294. The number of ether oxygens (including phenoxy) is 2. The highest BCUT2D eigenvalue weighted by Crippen LogP contribution is 2.30. The number of rotatable bonds is 6. The van der Waals surface area contributed by atoms with Crippen LogP contribution >= 0.6 is 0 Å². The quantitative estimate of drug-likeness (QED) is 0.873. The van der Waals surface area contributed by atoms with Gasteiger partial charge in [-0.05, 0) is 30.2 Å². The van der Waals surface area contributed by atoms with E-state index in [0.717, 1.165) is 23.3 Å². The summed E-state index contributed by atoms with van der Waals surface area (Å²) in [5.74, 6) is 1.51. The Kier molecular flexibility index (Phi) is 5.02. The van der Waals surface area contributed by atoms with Crippen molar-refractivity contribution in [3.8, 4) is 11.5 Å². The van der Waals surface area contributed by atoms with Crippen LogP contribution in [-0.2, 0) is 0 Å². The fourth-order valence-corrected chi connectivity index (χ4v) is 2.04. The second kappa shape index (κ2) is 6.96. The van der Waals surface area contributed by atoms with Crippen molar-refractivity contribution < 1.29 is 14.6 Å². The van der Waals surface area contributed by atoms with Gasteiger partial charge in [-0.25, -0.2) is 0 Å². The molecule has 1 N–H and O–H groups in total. The highest BCUT2D eigenvalue weighted by Gasteiger charge is 2.14. The molecule has 1 atom stereocenters. The van der Waals surface area contributed by atoms with Crippen molar-refractivity contribution >= 4 is 0 Å². The van der Waals surface area contributed by atoms with Crippen LogP contribution in [0.4, 0.5) is 0 Å². The summed E-state index contributed by atoms with van der Waals surface area (Å²) in [5.41, 5.74) is 1.58. The molecule has 2 rings (SSSR count). The molecule has 0 aliphatic rings. The average molecular weight is 272 g/mol. The van der Waals surface area contributed by atoms with Gasteiger partial charge in [-0.3, -0.25) is 0 Å². The fourth-order valence-electron chi connectivity index (χ4n) is 2.04. The third-order valence-electron chi connectivity index (χ3n) is 3.10. The van der Waals surface area contributed by atoms with E-state index in [0.29, 0.717) is 12.4 Å². The maximum Gasteiger partial charge on any atom is 0.125 e. The highest BCUT2D eigenvalue weighted by molar-refractivity contribution is 5.41. The maximum absolute atomic E-state index is 10.4. The first-order valence-corrected chi connectivity index (χ1v) is 6.80. The van der Waals surface area contributed by atoms with Gasteiger partial charge in [-0.15, -0.1) is 0 Å². The molecule has 0 radical (unpaired) electrons. The van der Waals surface area contributed by atoms with Gasteiger partial charge in [0.1, 0.15) is 17.6 Å². The lowest BCUT2D eigenvalue weighted by Gasteiger charge is -2.15. The number of hydrogen-bond donors (Lipinski definition) is 1. The van der Waals surface area contributed by atoms with Crippen LogP contribution in [0, 0.1) is 0 Å². The number of para-hydroxylation sites is 1. The zero-order chi connectivity index (χ0) is 14.4. The summed E-state index contributed by atoms with van der Waals surface area (Å²) < 4.78 is 10.8. The Hall–Kier alpha value is -2.00. The maximum atomic E-state index is 10.4. The molecule has 0 spiro atoms. The van der Waals surface area contributed by atoms with Crippen LogP contribution in [0.3, 0.4) is 0 Å². The third kappa shape index (κ3) is 3.31. The molecule has 0 aliphatic heterocycles. The standard InChI is InChI=1S/C17H20O3/c1-3-12-20-14-10-8-13(9-11-14)17(18)15-6-4-5-7-16(15)19-2/h4-11,17-18H,3,12H2,1-2H3. The van der Waals surface area contributed by atoms with Crippen LogP contribution in [0.25, 0.3) is 0 Å². The average Bonchev–Trinajstić information content (AvgIpc) is 2.52. The van der Waals surface area contributed by atoms with E-state index in [2.05, 4.69) is 6.92 Å². The molecular formula is C17H20O3. The van der Waals surface area contributed by atoms with Crippen molar-refractivity contribution in [2.24, 2.45) is 0 Å². The second-order valence-corrected chi connectivity index (χ2v) is 4.56. The molecular weight excluding hydrogens is 252 g/mol. The lowest BCUT2D eigenvalue weighted by atomic mass is 10.0. The number of hydrogen-bond acceptors (Lipinski definition) is 3. The van der Waals surface area contributed by atoms with Crippen molar-refractivity contribution in [1.82, 2.24) is 0 Å². The normalized spacial score (nSPS) is 11.9. The summed E-state index contributed by atoms with van der Waals surface area (Å²) >= 11 is 0. The Morgan fingerprint density at radius 2 is 1.75 bits per heavy atom. The highest BCUT2D eigenvalue weighted by atomic mass is 16.5. The molecule has 0 heterocycles. The van der Waals surface area contributed by atoms with E-state index < -0.39 is 6.10 Å². The summed E-state index contributed by atoms with van der Waals surface area (Å²) in [7, 11) is 1.60. The van der Waals surface area contributed by atoms with Gasteiger partial charge in [-0.2, -0.15) is 0 Å². The van der Waals surface area contributed by atoms with Gasteiger partial charge in [0.05, 0.1) is 13.7 Å². The van der Waals surface area contributed by atoms with Crippen molar-refractivity contribution in [2.75, 3.05) is 13.7 Å². The molecule has 3 heteroatoms. The Bertz CT molecular complexity index is 534. The molecule has 0 aliphatic carbocycles. The first-order chi connectivity index (χ1) is 9.76. The van der Waals surface area contributed by atoms with Gasteiger partial charge < -0.3 is 14.6 Å². The largest absolute Gasteiger partial charge is 0.496 e. The van der Waals surface area contributed by atoms with E-state index in [4.69, 9.17) is 9.47 Å². The smallest absolute Gasteiger partial charge is 0.125 e. The van der Waals surface area contributed by atoms with Crippen LogP contribution in [0.2, 0.25) is 0 Å². The molecule has 20 heavy (non-hydrogen) atoms. The molecule has 0 bridgehead atoms. The molecule has 0 aromatic heterocycles. The zero-order valence-corrected chi connectivity index (χ0v) is 11.9. The molecule has 2 aromatic carbocycles. The van der Waals surface area contributed by atoms with Crippen LogP contribution in [-0.4, -0.2) is 18.8 Å². The van der Waals surface area contributed by atoms with E-state index in [1.807, 2.05) is 48.5 Å². The molecule has 3 nitrogen and oxygen atoms in total. The van der Waals surface area contributed by atoms with Crippen LogP contribution in [0.5, 0.6) is 11.5 Å². The van der Waals surface area contributed by atoms with Crippen LogP contribution in [0.1, 0.15) is 30.6 Å². The first kappa shape index (κ1) is 14.4. The lowest BCUT2D eigenvalue weighted by molar-refractivity contribution is 0.214. The number of methoxy groups -OCH3 is 1. The molecule has 1 unspecified atom stereocenters. The Morgan fingerprint density at radius 3 is 2.40 bits per heavy atom. The van der Waals surface area contributed by atoms with Gasteiger partial charge in [0, 0.05) is 5.56 Å². The molecule has 106 valence electrons. The van der Waals surface area contributed by atoms with Crippen molar-refractivity contribution in [3.63, 3.8) is 0 Å². The van der Waals surface area contributed by atoms with Gasteiger partial charge >= 0.3 is 0 Å². The SMILES string of the molecule is CCCOc1ccc(C(O)c2ccccc2OC)cc1. The topological polar surface area (TPSA) is 38.7 Å². The minimum atomic E-state index is -0.702. The molecule has 0 fully saturated rings. The Balaban J connectivity index is 2.18. The zero-order valence-electron chi connectivity index (χ0n) is 11.9. The third-order valence-corrected chi connectivity index (χ3v) is 3.10. The van der Waals surface area contributed by atoms with E-state index >= 15 is 0 Å². The summed E-state index contributed by atoms with van der Waals surface area (Å²) in [6, 6.07) is 15.0. The molecule has 0 saturated carbocycles. The number of benzene rings is 2. The predicted octanol–water partition coefficient (Wildman–Crippen LogP) is 3.57. The Labute approximate surface area is 119 Å². The van der Waals surface area contributed by atoms with Gasteiger partial charge in [0.15, 0.2) is 0 Å². The van der Waals surface area contributed by atoms with Crippen molar-refractivity contribution in [2.45, 2.75) is 19.4 Å². The first-order valence-electron chi connectivity index (χ1n) is 6.80. The van der Waals surface area contributed by atoms with Gasteiger partial charge in [0.25, 0.3) is 0 Å². The summed E-state index contributed by atoms with van der Waals surface area (Å²) in [4.78, 5) is 0. The minimum Gasteiger partial charge on any atom is -0.496 e. The van der Waals surface area contributed by atoms with E-state index in [1.165, 1.54) is 0 Å². The summed E-state index contributed by atoms with van der Waals surface area (Å²) in [6.07, 6.45) is 0.275. The summed E-state index contributed by atoms with van der Waals surface area (Å²) in [6.45, 7) is 2.77. The lowest BCUT2D eigenvalue weighted by Crippen LogP contribution is -2.02. The van der Waals surface area contributed by atoms with Gasteiger partial charge in [-0.1, -0.05) is 37.3 Å². The summed E-state index contributed by atoms with van der Waals surface area (Å²) in [5, 5.41) is 10.4. The molecule has 0 saturated heterocycles. The van der Waals surface area contributed by atoms with Crippen molar-refractivity contribution in [3.05, 3.63) is 59.7 Å². The van der Waals surface area contributed by atoms with E-state index in [1.54, 1.807) is 7.11 Å². The number of aliphatic hydroxyl groups is 1.